The first-order valence-corrected chi connectivity index (χ1v) is 9.04. The molecule has 138 valence electrons. The lowest BCUT2D eigenvalue weighted by Gasteiger charge is -2.12. The quantitative estimate of drug-likeness (QED) is 0.837. The molecular formula is C18H22N4O4. The summed E-state index contributed by atoms with van der Waals surface area (Å²) in [5.74, 6) is 0.612. The average Bonchev–Trinajstić information content (AvgIpc) is 3.15. The molecule has 1 amide bonds. The Bertz CT molecular complexity index is 862. The molecule has 2 aliphatic rings. The summed E-state index contributed by atoms with van der Waals surface area (Å²) in [6, 6.07) is 3.29. The summed E-state index contributed by atoms with van der Waals surface area (Å²) in [5, 5.41) is 11.2. The number of ether oxygens (including phenoxy) is 1. The molecule has 2 aromatic rings. The molecule has 1 aliphatic heterocycles. The van der Waals surface area contributed by atoms with Crippen molar-refractivity contribution < 1.29 is 14.1 Å². The molecule has 3 heterocycles. The van der Waals surface area contributed by atoms with E-state index in [1.807, 2.05) is 6.92 Å². The van der Waals surface area contributed by atoms with Crippen LogP contribution in [0, 0.1) is 6.92 Å². The van der Waals surface area contributed by atoms with Crippen molar-refractivity contribution in [2.24, 2.45) is 0 Å². The van der Waals surface area contributed by atoms with E-state index in [1.54, 1.807) is 6.07 Å². The van der Waals surface area contributed by atoms with Gasteiger partial charge < -0.3 is 14.6 Å². The van der Waals surface area contributed by atoms with E-state index in [2.05, 4.69) is 15.6 Å². The smallest absolute Gasteiger partial charge is 0.267 e. The highest BCUT2D eigenvalue weighted by atomic mass is 16.5. The average molecular weight is 358 g/mol. The molecule has 2 fully saturated rings. The Balaban J connectivity index is 1.52. The number of hydrogen-bond donors (Lipinski definition) is 1. The number of hydrogen-bond acceptors (Lipinski definition) is 6. The summed E-state index contributed by atoms with van der Waals surface area (Å²) in [6.45, 7) is 2.95. The molecule has 8 nitrogen and oxygen atoms in total. The standard InChI is InChI=1S/C18H22N4O4/c1-11-7-15(26-21-11)14-8-17(24)22(20-18(14)12-4-5-12)10-16(23)19-9-13-3-2-6-25-13/h7-8,12-13H,2-6,9-10H2,1H3,(H,19,23). The van der Waals surface area contributed by atoms with Gasteiger partial charge in [-0.25, -0.2) is 4.68 Å². The van der Waals surface area contributed by atoms with Crippen LogP contribution >= 0.6 is 0 Å². The van der Waals surface area contributed by atoms with Crippen molar-refractivity contribution in [1.29, 1.82) is 0 Å². The zero-order chi connectivity index (χ0) is 18.1. The number of aryl methyl sites for hydroxylation is 1. The van der Waals surface area contributed by atoms with Crippen LogP contribution in [-0.2, 0) is 16.1 Å². The molecule has 26 heavy (non-hydrogen) atoms. The van der Waals surface area contributed by atoms with Gasteiger partial charge in [-0.2, -0.15) is 5.10 Å². The third kappa shape index (κ3) is 3.70. The second-order valence-electron chi connectivity index (χ2n) is 6.99. The highest BCUT2D eigenvalue weighted by Crippen LogP contribution is 2.42. The number of carbonyl (C=O) groups excluding carboxylic acids is 1. The Kier molecular flexibility index (Phi) is 4.58. The Labute approximate surface area is 150 Å². The number of aromatic nitrogens is 3. The monoisotopic (exact) mass is 358 g/mol. The number of carbonyl (C=O) groups is 1. The second-order valence-corrected chi connectivity index (χ2v) is 6.99. The van der Waals surface area contributed by atoms with Crippen LogP contribution in [0.25, 0.3) is 11.3 Å². The fraction of sp³-hybridized carbons (Fsp3) is 0.556. The summed E-state index contributed by atoms with van der Waals surface area (Å²) in [7, 11) is 0. The van der Waals surface area contributed by atoms with Gasteiger partial charge in [0.1, 0.15) is 6.54 Å². The molecule has 0 spiro atoms. The van der Waals surface area contributed by atoms with E-state index in [9.17, 15) is 9.59 Å². The molecule has 0 radical (unpaired) electrons. The van der Waals surface area contributed by atoms with E-state index in [0.717, 1.165) is 43.7 Å². The molecule has 0 bridgehead atoms. The normalized spacial score (nSPS) is 19.7. The molecule has 1 saturated heterocycles. The molecule has 2 aromatic heterocycles. The van der Waals surface area contributed by atoms with Crippen LogP contribution in [0.3, 0.4) is 0 Å². The Morgan fingerprint density at radius 3 is 2.85 bits per heavy atom. The summed E-state index contributed by atoms with van der Waals surface area (Å²) in [6.07, 6.45) is 4.10. The Morgan fingerprint density at radius 1 is 1.35 bits per heavy atom. The first-order valence-electron chi connectivity index (χ1n) is 9.04. The first-order chi connectivity index (χ1) is 12.6. The zero-order valence-corrected chi connectivity index (χ0v) is 14.7. The molecule has 1 aliphatic carbocycles. The highest BCUT2D eigenvalue weighted by molar-refractivity contribution is 5.75. The van der Waals surface area contributed by atoms with Crippen molar-refractivity contribution >= 4 is 5.91 Å². The van der Waals surface area contributed by atoms with Gasteiger partial charge in [-0.3, -0.25) is 9.59 Å². The van der Waals surface area contributed by atoms with Crippen LogP contribution in [0.15, 0.2) is 21.5 Å². The van der Waals surface area contributed by atoms with Crippen molar-refractivity contribution in [2.75, 3.05) is 13.2 Å². The van der Waals surface area contributed by atoms with Crippen LogP contribution in [0.1, 0.15) is 43.0 Å². The Morgan fingerprint density at radius 2 is 2.19 bits per heavy atom. The minimum absolute atomic E-state index is 0.0720. The van der Waals surface area contributed by atoms with Crippen LogP contribution in [-0.4, -0.2) is 40.1 Å². The lowest BCUT2D eigenvalue weighted by Crippen LogP contribution is -2.37. The minimum atomic E-state index is -0.328. The predicted molar refractivity (Wildman–Crippen MR) is 92.7 cm³/mol. The van der Waals surface area contributed by atoms with Crippen LogP contribution in [0.5, 0.6) is 0 Å². The highest BCUT2D eigenvalue weighted by Gasteiger charge is 2.30. The molecule has 1 saturated carbocycles. The third-order valence-corrected chi connectivity index (χ3v) is 4.73. The van der Waals surface area contributed by atoms with Gasteiger partial charge in [0.2, 0.25) is 5.91 Å². The molecule has 4 rings (SSSR count). The SMILES string of the molecule is Cc1cc(-c2cc(=O)n(CC(=O)NCC3CCCO3)nc2C2CC2)on1. The molecule has 1 atom stereocenters. The maximum absolute atomic E-state index is 12.4. The van der Waals surface area contributed by atoms with Gasteiger partial charge in [0.05, 0.1) is 17.5 Å². The van der Waals surface area contributed by atoms with Gasteiger partial charge in [-0.15, -0.1) is 0 Å². The van der Waals surface area contributed by atoms with Gasteiger partial charge in [-0.1, -0.05) is 5.16 Å². The summed E-state index contributed by atoms with van der Waals surface area (Å²) in [5.41, 5.74) is 1.90. The fourth-order valence-electron chi connectivity index (χ4n) is 3.19. The minimum Gasteiger partial charge on any atom is -0.376 e. The van der Waals surface area contributed by atoms with E-state index in [-0.39, 0.29) is 24.1 Å². The van der Waals surface area contributed by atoms with Crippen molar-refractivity contribution in [1.82, 2.24) is 20.3 Å². The van der Waals surface area contributed by atoms with Crippen molar-refractivity contribution in [3.8, 4) is 11.3 Å². The second kappa shape index (κ2) is 7.03. The largest absolute Gasteiger partial charge is 0.376 e. The van der Waals surface area contributed by atoms with Gasteiger partial charge >= 0.3 is 0 Å². The Hall–Kier alpha value is -2.48. The topological polar surface area (TPSA) is 99.2 Å². The van der Waals surface area contributed by atoms with Gasteiger partial charge in [-0.05, 0) is 32.6 Å². The lowest BCUT2D eigenvalue weighted by molar-refractivity contribution is -0.122. The molecule has 1 N–H and O–H groups in total. The molecule has 1 unspecified atom stereocenters. The first kappa shape index (κ1) is 17.0. The van der Waals surface area contributed by atoms with Crippen LogP contribution < -0.4 is 10.9 Å². The van der Waals surface area contributed by atoms with E-state index >= 15 is 0 Å². The van der Waals surface area contributed by atoms with Gasteiger partial charge in [0, 0.05) is 36.8 Å². The van der Waals surface area contributed by atoms with Crippen LogP contribution in [0.4, 0.5) is 0 Å². The third-order valence-electron chi connectivity index (χ3n) is 4.73. The van der Waals surface area contributed by atoms with E-state index in [4.69, 9.17) is 9.26 Å². The van der Waals surface area contributed by atoms with Gasteiger partial charge in [0.25, 0.3) is 5.56 Å². The maximum atomic E-state index is 12.4. The number of amides is 1. The fourth-order valence-corrected chi connectivity index (χ4v) is 3.19. The van der Waals surface area contributed by atoms with Crippen molar-refractivity contribution in [3.05, 3.63) is 33.9 Å². The van der Waals surface area contributed by atoms with Crippen LogP contribution in [0.2, 0.25) is 0 Å². The number of nitrogens with one attached hydrogen (secondary N) is 1. The van der Waals surface area contributed by atoms with E-state index < -0.39 is 0 Å². The summed E-state index contributed by atoms with van der Waals surface area (Å²) < 4.78 is 12.0. The number of nitrogens with zero attached hydrogens (tertiary/aromatic N) is 3. The number of rotatable bonds is 6. The molecular weight excluding hydrogens is 336 g/mol. The predicted octanol–water partition coefficient (Wildman–Crippen LogP) is 1.38. The maximum Gasteiger partial charge on any atom is 0.267 e. The van der Waals surface area contributed by atoms with Crippen molar-refractivity contribution in [3.63, 3.8) is 0 Å². The molecule has 8 heteroatoms. The lowest BCUT2D eigenvalue weighted by atomic mass is 10.1. The zero-order valence-electron chi connectivity index (χ0n) is 14.7. The van der Waals surface area contributed by atoms with E-state index in [0.29, 0.717) is 23.8 Å². The summed E-state index contributed by atoms with van der Waals surface area (Å²) >= 11 is 0. The summed E-state index contributed by atoms with van der Waals surface area (Å²) in [4.78, 5) is 24.6. The van der Waals surface area contributed by atoms with Gasteiger partial charge in [0.15, 0.2) is 5.76 Å². The molecule has 0 aromatic carbocycles. The van der Waals surface area contributed by atoms with E-state index in [1.165, 1.54) is 10.7 Å². The van der Waals surface area contributed by atoms with Crippen molar-refractivity contribution in [2.45, 2.75) is 51.2 Å².